The zero-order chi connectivity index (χ0) is 10.9. The van der Waals surface area contributed by atoms with E-state index in [9.17, 15) is 0 Å². The Kier molecular flexibility index (Phi) is 8.99. The summed E-state index contributed by atoms with van der Waals surface area (Å²) in [5, 5.41) is 34.8. The molecule has 0 aliphatic rings. The van der Waals surface area contributed by atoms with Gasteiger partial charge >= 0.3 is 0 Å². The van der Waals surface area contributed by atoms with E-state index in [1.54, 1.807) is 0 Å². The van der Waals surface area contributed by atoms with Gasteiger partial charge in [0, 0.05) is 10.3 Å². The maximum Gasteiger partial charge on any atom is 0.194 e. The lowest BCUT2D eigenvalue weighted by Gasteiger charge is -2.24. The number of hydrogen-bond donors (Lipinski definition) is 3. The highest BCUT2D eigenvalue weighted by Gasteiger charge is 2.24. The van der Waals surface area contributed by atoms with Gasteiger partial charge in [-0.2, -0.15) is 0 Å². The lowest BCUT2D eigenvalue weighted by Crippen LogP contribution is -2.32. The largest absolute Gasteiger partial charge is 0.396 e. The number of aliphatic hydroxyl groups excluding tert-OH is 3. The van der Waals surface area contributed by atoms with Crippen molar-refractivity contribution >= 4 is 0 Å². The predicted molar refractivity (Wildman–Crippen MR) is 46.9 cm³/mol. The van der Waals surface area contributed by atoms with Crippen LogP contribution in [0.4, 0.5) is 0 Å². The molecular weight excluding hydrogens is 178 g/mol. The molecule has 0 radical (unpaired) electrons. The van der Waals surface area contributed by atoms with E-state index in [1.165, 1.54) is 0 Å². The molecule has 0 atom stereocenters. The van der Waals surface area contributed by atoms with E-state index >= 15 is 0 Å². The second-order valence-electron chi connectivity index (χ2n) is 2.77. The molecule has 6 heteroatoms. The Hall–Kier alpha value is -0.720. The van der Waals surface area contributed by atoms with Gasteiger partial charge in [0.2, 0.25) is 0 Å². The summed E-state index contributed by atoms with van der Waals surface area (Å²) in [7, 11) is 0.889. The lowest BCUT2D eigenvalue weighted by molar-refractivity contribution is -0.445. The van der Waals surface area contributed by atoms with Crippen LogP contribution in [0.1, 0.15) is 13.3 Å². The second-order valence-corrected chi connectivity index (χ2v) is 2.77. The summed E-state index contributed by atoms with van der Waals surface area (Å²) in [6, 6.07) is 0. The van der Waals surface area contributed by atoms with Crippen molar-refractivity contribution in [1.82, 2.24) is 0 Å². The summed E-state index contributed by atoms with van der Waals surface area (Å²) in [6.07, 6.45) is 0.594. The van der Waals surface area contributed by atoms with Crippen LogP contribution in [-0.2, 0) is 0 Å². The minimum absolute atomic E-state index is 0.156. The lowest BCUT2D eigenvalue weighted by atomic mass is 9.88. The van der Waals surface area contributed by atoms with Gasteiger partial charge in [0.25, 0.3) is 0 Å². The average molecular weight is 195 g/mol. The van der Waals surface area contributed by atoms with Crippen LogP contribution in [0.25, 0.3) is 0 Å². The molecule has 0 bridgehead atoms. The van der Waals surface area contributed by atoms with Crippen molar-refractivity contribution in [3.05, 3.63) is 10.1 Å². The summed E-state index contributed by atoms with van der Waals surface area (Å²) in [6.45, 7) is 1.35. The molecule has 0 aromatic heterocycles. The number of nitro groups is 1. The van der Waals surface area contributed by atoms with E-state index in [-0.39, 0.29) is 19.8 Å². The fraction of sp³-hybridized carbons (Fsp3) is 1.00. The van der Waals surface area contributed by atoms with Gasteiger partial charge in [-0.15, -0.1) is 0 Å². The SMILES string of the molecule is CCC(CO)(CO)CO.C[N+](=O)[O-]. The second kappa shape index (κ2) is 7.90. The molecule has 0 aromatic rings. The first-order valence-corrected chi connectivity index (χ1v) is 3.88. The smallest absolute Gasteiger partial charge is 0.194 e. The monoisotopic (exact) mass is 195 g/mol. The Morgan fingerprint density at radius 1 is 1.23 bits per heavy atom. The van der Waals surface area contributed by atoms with E-state index in [1.807, 2.05) is 6.92 Å². The highest BCUT2D eigenvalue weighted by molar-refractivity contribution is 4.74. The Labute approximate surface area is 77.0 Å². The van der Waals surface area contributed by atoms with Crippen molar-refractivity contribution in [3.8, 4) is 0 Å². The summed E-state index contributed by atoms with van der Waals surface area (Å²) < 4.78 is 0. The van der Waals surface area contributed by atoms with Crippen molar-refractivity contribution in [2.45, 2.75) is 13.3 Å². The van der Waals surface area contributed by atoms with Crippen molar-refractivity contribution in [1.29, 1.82) is 0 Å². The standard InChI is InChI=1S/C6H14O3.CH3NO2/c1-2-6(3-7,4-8)5-9;1-2(3)4/h7-9H,2-5H2,1H3;1H3. The molecule has 0 spiro atoms. The molecule has 0 aromatic carbocycles. The molecule has 0 heterocycles. The zero-order valence-corrected chi connectivity index (χ0v) is 7.93. The molecule has 0 amide bonds. The zero-order valence-electron chi connectivity index (χ0n) is 7.93. The van der Waals surface area contributed by atoms with Gasteiger partial charge in [-0.3, -0.25) is 10.1 Å². The Morgan fingerprint density at radius 3 is 1.46 bits per heavy atom. The van der Waals surface area contributed by atoms with Crippen LogP contribution in [0, 0.1) is 15.5 Å². The van der Waals surface area contributed by atoms with Crippen LogP contribution >= 0.6 is 0 Å². The first-order chi connectivity index (χ1) is 5.97. The molecule has 0 saturated heterocycles. The van der Waals surface area contributed by atoms with Crippen LogP contribution in [0.2, 0.25) is 0 Å². The van der Waals surface area contributed by atoms with Crippen LogP contribution in [0.3, 0.4) is 0 Å². The maximum atomic E-state index is 8.81. The van der Waals surface area contributed by atoms with E-state index in [0.717, 1.165) is 7.05 Å². The summed E-state index contributed by atoms with van der Waals surface area (Å²) in [5.41, 5.74) is -0.667. The van der Waals surface area contributed by atoms with Gasteiger partial charge in [0.15, 0.2) is 7.05 Å². The summed E-state index contributed by atoms with van der Waals surface area (Å²) >= 11 is 0. The van der Waals surface area contributed by atoms with Crippen molar-refractivity contribution in [2.24, 2.45) is 5.41 Å². The minimum Gasteiger partial charge on any atom is -0.396 e. The highest BCUT2D eigenvalue weighted by atomic mass is 16.6. The van der Waals surface area contributed by atoms with E-state index in [4.69, 9.17) is 25.4 Å². The maximum absolute atomic E-state index is 8.81. The summed E-state index contributed by atoms with van der Waals surface area (Å²) in [5.74, 6) is 0. The summed E-state index contributed by atoms with van der Waals surface area (Å²) in [4.78, 5) is 8.31. The van der Waals surface area contributed by atoms with Gasteiger partial charge in [0.1, 0.15) is 0 Å². The quantitative estimate of drug-likeness (QED) is 0.404. The van der Waals surface area contributed by atoms with Crippen molar-refractivity contribution in [3.63, 3.8) is 0 Å². The third-order valence-corrected chi connectivity index (χ3v) is 1.76. The first kappa shape index (κ1) is 14.8. The normalized spacial score (nSPS) is 10.2. The van der Waals surface area contributed by atoms with Gasteiger partial charge in [0.05, 0.1) is 19.8 Å². The third kappa shape index (κ3) is 7.63. The van der Waals surface area contributed by atoms with Gasteiger partial charge in [-0.1, -0.05) is 6.92 Å². The van der Waals surface area contributed by atoms with Crippen LogP contribution in [0.15, 0.2) is 0 Å². The van der Waals surface area contributed by atoms with E-state index < -0.39 is 10.3 Å². The number of aliphatic hydroxyl groups is 3. The third-order valence-electron chi connectivity index (χ3n) is 1.76. The molecule has 0 unspecified atom stereocenters. The number of nitrogens with zero attached hydrogens (tertiary/aromatic N) is 1. The number of hydrogen-bond acceptors (Lipinski definition) is 5. The molecule has 0 aliphatic carbocycles. The molecule has 0 saturated carbocycles. The fourth-order valence-corrected chi connectivity index (χ4v) is 0.485. The highest BCUT2D eigenvalue weighted by Crippen LogP contribution is 2.18. The average Bonchev–Trinajstić information content (AvgIpc) is 2.09. The molecule has 13 heavy (non-hydrogen) atoms. The molecule has 3 N–H and O–H groups in total. The van der Waals surface area contributed by atoms with Gasteiger partial charge in [-0.05, 0) is 6.42 Å². The van der Waals surface area contributed by atoms with Crippen molar-refractivity contribution in [2.75, 3.05) is 26.9 Å². The molecule has 0 rings (SSSR count). The van der Waals surface area contributed by atoms with Crippen molar-refractivity contribution < 1.29 is 20.2 Å². The van der Waals surface area contributed by atoms with E-state index in [0.29, 0.717) is 6.42 Å². The van der Waals surface area contributed by atoms with Gasteiger partial charge in [-0.25, -0.2) is 0 Å². The van der Waals surface area contributed by atoms with Crippen LogP contribution < -0.4 is 0 Å². The Morgan fingerprint density at radius 2 is 1.46 bits per heavy atom. The Bertz CT molecular complexity index is 113. The number of rotatable bonds is 4. The van der Waals surface area contributed by atoms with Gasteiger partial charge < -0.3 is 15.3 Å². The van der Waals surface area contributed by atoms with Crippen LogP contribution in [-0.4, -0.2) is 47.1 Å². The molecule has 0 fully saturated rings. The minimum atomic E-state index is -0.667. The molecule has 6 nitrogen and oxygen atoms in total. The van der Waals surface area contributed by atoms with Crippen LogP contribution in [0.5, 0.6) is 0 Å². The molecule has 0 aliphatic heterocycles. The molecule has 80 valence electrons. The first-order valence-electron chi connectivity index (χ1n) is 3.88. The van der Waals surface area contributed by atoms with E-state index in [2.05, 4.69) is 0 Å². The Balaban J connectivity index is 0. The predicted octanol–water partition coefficient (Wildman–Crippen LogP) is -0.747. The fourth-order valence-electron chi connectivity index (χ4n) is 0.485. The topological polar surface area (TPSA) is 104 Å². The molecular formula is C7H17NO5.